The zero-order chi connectivity index (χ0) is 15.9. The van der Waals surface area contributed by atoms with Crippen molar-refractivity contribution in [2.75, 3.05) is 38.8 Å². The van der Waals surface area contributed by atoms with Gasteiger partial charge in [0.25, 0.3) is 0 Å². The van der Waals surface area contributed by atoms with Crippen molar-refractivity contribution in [2.45, 2.75) is 25.8 Å². The second kappa shape index (κ2) is 7.89. The minimum Gasteiger partial charge on any atom is -0.381 e. The first-order valence-electron chi connectivity index (χ1n) is 7.67. The van der Waals surface area contributed by atoms with E-state index in [0.29, 0.717) is 12.5 Å². The molecule has 2 rings (SSSR count). The van der Waals surface area contributed by atoms with Crippen molar-refractivity contribution in [3.63, 3.8) is 0 Å². The number of hydrogen-bond donors (Lipinski definition) is 0. The second-order valence-corrected chi connectivity index (χ2v) is 5.51. The van der Waals surface area contributed by atoms with Crippen LogP contribution in [0.25, 0.3) is 6.08 Å². The van der Waals surface area contributed by atoms with E-state index in [9.17, 15) is 4.79 Å². The number of hydrogen-bond acceptors (Lipinski definition) is 5. The average Bonchev–Trinajstić information content (AvgIpc) is 2.55. The van der Waals surface area contributed by atoms with Gasteiger partial charge in [-0.3, -0.25) is 4.79 Å². The molecule has 0 unspecified atom stereocenters. The zero-order valence-corrected chi connectivity index (χ0v) is 13.5. The Hall–Kier alpha value is -1.95. The summed E-state index contributed by atoms with van der Waals surface area (Å²) in [5.41, 5.74) is 0.821. The van der Waals surface area contributed by atoms with Crippen LogP contribution in [0.1, 0.15) is 25.3 Å². The van der Waals surface area contributed by atoms with Crippen LogP contribution in [0.3, 0.4) is 0 Å². The van der Waals surface area contributed by atoms with Crippen molar-refractivity contribution in [1.82, 2.24) is 14.9 Å². The van der Waals surface area contributed by atoms with Gasteiger partial charge in [-0.05, 0) is 25.8 Å². The summed E-state index contributed by atoms with van der Waals surface area (Å²) in [5.74, 6) is 0.687. The molecule has 1 aliphatic rings. The second-order valence-electron chi connectivity index (χ2n) is 5.51. The standard InChI is InChI=1S/C16H24N4O2/c1-4-20(14-7-9-22-10-8-14)15(21)6-5-13-11-17-16(18-12-13)19(2)3/h5-6,11-12,14H,4,7-10H2,1-3H3. The number of ether oxygens (including phenoxy) is 1. The van der Waals surface area contributed by atoms with Crippen LogP contribution in [0.5, 0.6) is 0 Å². The number of amides is 1. The third kappa shape index (κ3) is 4.27. The summed E-state index contributed by atoms with van der Waals surface area (Å²) >= 11 is 0. The summed E-state index contributed by atoms with van der Waals surface area (Å²) in [7, 11) is 3.78. The lowest BCUT2D eigenvalue weighted by Crippen LogP contribution is -2.42. The number of anilines is 1. The van der Waals surface area contributed by atoms with Gasteiger partial charge in [-0.1, -0.05) is 0 Å². The lowest BCUT2D eigenvalue weighted by atomic mass is 10.1. The minimum absolute atomic E-state index is 0.0334. The molecule has 2 heterocycles. The molecule has 0 spiro atoms. The molecule has 0 aliphatic carbocycles. The van der Waals surface area contributed by atoms with Gasteiger partial charge in [0.1, 0.15) is 0 Å². The van der Waals surface area contributed by atoms with Gasteiger partial charge in [0.2, 0.25) is 11.9 Å². The maximum atomic E-state index is 12.4. The van der Waals surface area contributed by atoms with Crippen molar-refractivity contribution in [3.05, 3.63) is 24.0 Å². The highest BCUT2D eigenvalue weighted by molar-refractivity contribution is 5.91. The number of aromatic nitrogens is 2. The molecule has 0 atom stereocenters. The summed E-state index contributed by atoms with van der Waals surface area (Å²) in [6.07, 6.45) is 8.63. The maximum Gasteiger partial charge on any atom is 0.246 e. The largest absolute Gasteiger partial charge is 0.381 e. The van der Waals surface area contributed by atoms with Gasteiger partial charge in [-0.15, -0.1) is 0 Å². The van der Waals surface area contributed by atoms with Gasteiger partial charge in [-0.25, -0.2) is 9.97 Å². The number of nitrogens with zero attached hydrogens (tertiary/aromatic N) is 4. The van der Waals surface area contributed by atoms with Crippen LogP contribution in [-0.4, -0.2) is 60.7 Å². The molecule has 0 bridgehead atoms. The molecule has 0 saturated carbocycles. The van der Waals surface area contributed by atoms with Gasteiger partial charge >= 0.3 is 0 Å². The third-order valence-electron chi connectivity index (χ3n) is 3.73. The fourth-order valence-electron chi connectivity index (χ4n) is 2.50. The molecule has 0 aromatic carbocycles. The van der Waals surface area contributed by atoms with E-state index in [-0.39, 0.29) is 11.9 Å². The lowest BCUT2D eigenvalue weighted by molar-refractivity contribution is -0.129. The van der Waals surface area contributed by atoms with Gasteiger partial charge in [0, 0.05) is 63.9 Å². The summed E-state index contributed by atoms with van der Waals surface area (Å²) in [5, 5.41) is 0. The molecule has 6 nitrogen and oxygen atoms in total. The fourth-order valence-corrected chi connectivity index (χ4v) is 2.50. The average molecular weight is 304 g/mol. The summed E-state index contributed by atoms with van der Waals surface area (Å²) in [6.45, 7) is 4.19. The van der Waals surface area contributed by atoms with Crippen molar-refractivity contribution in [1.29, 1.82) is 0 Å². The fraction of sp³-hybridized carbons (Fsp3) is 0.562. The highest BCUT2D eigenvalue weighted by Gasteiger charge is 2.22. The van der Waals surface area contributed by atoms with Gasteiger partial charge in [-0.2, -0.15) is 0 Å². The van der Waals surface area contributed by atoms with Crippen LogP contribution in [0.4, 0.5) is 5.95 Å². The number of likely N-dealkylation sites (N-methyl/N-ethyl adjacent to an activating group) is 1. The van der Waals surface area contributed by atoms with Crippen LogP contribution in [0, 0.1) is 0 Å². The van der Waals surface area contributed by atoms with Crippen LogP contribution >= 0.6 is 0 Å². The van der Waals surface area contributed by atoms with E-state index in [1.165, 1.54) is 0 Å². The Labute approximate surface area is 131 Å². The molecule has 22 heavy (non-hydrogen) atoms. The minimum atomic E-state index is 0.0334. The first-order chi connectivity index (χ1) is 10.6. The summed E-state index contributed by atoms with van der Waals surface area (Å²) in [4.78, 5) is 24.6. The summed E-state index contributed by atoms with van der Waals surface area (Å²) < 4.78 is 5.36. The lowest BCUT2D eigenvalue weighted by Gasteiger charge is -2.32. The smallest absolute Gasteiger partial charge is 0.246 e. The van der Waals surface area contributed by atoms with E-state index in [4.69, 9.17) is 4.74 Å². The van der Waals surface area contributed by atoms with E-state index < -0.39 is 0 Å². The predicted molar refractivity (Wildman–Crippen MR) is 86.6 cm³/mol. The van der Waals surface area contributed by atoms with Crippen LogP contribution in [0.15, 0.2) is 18.5 Å². The Bertz CT molecular complexity index is 507. The Morgan fingerprint density at radius 3 is 2.50 bits per heavy atom. The quantitative estimate of drug-likeness (QED) is 0.773. The van der Waals surface area contributed by atoms with E-state index in [2.05, 4.69) is 9.97 Å². The van der Waals surface area contributed by atoms with E-state index in [0.717, 1.165) is 31.6 Å². The normalized spacial score (nSPS) is 16.0. The Balaban J connectivity index is 1.99. The van der Waals surface area contributed by atoms with Crippen molar-refractivity contribution >= 4 is 17.9 Å². The number of carbonyl (C=O) groups excluding carboxylic acids is 1. The molecule has 120 valence electrons. The van der Waals surface area contributed by atoms with Crippen molar-refractivity contribution < 1.29 is 9.53 Å². The Morgan fingerprint density at radius 2 is 1.95 bits per heavy atom. The maximum absolute atomic E-state index is 12.4. The molecule has 1 aliphatic heterocycles. The monoisotopic (exact) mass is 304 g/mol. The van der Waals surface area contributed by atoms with Crippen molar-refractivity contribution in [3.8, 4) is 0 Å². The van der Waals surface area contributed by atoms with E-state index >= 15 is 0 Å². The molecule has 1 fully saturated rings. The third-order valence-corrected chi connectivity index (χ3v) is 3.73. The first kappa shape index (κ1) is 16.4. The topological polar surface area (TPSA) is 58.6 Å². The molecule has 0 N–H and O–H groups in total. The van der Waals surface area contributed by atoms with Gasteiger partial charge in [0.05, 0.1) is 0 Å². The zero-order valence-electron chi connectivity index (χ0n) is 13.5. The molecule has 0 radical (unpaired) electrons. The van der Waals surface area contributed by atoms with E-state index in [1.807, 2.05) is 30.8 Å². The molecule has 1 aromatic rings. The highest BCUT2D eigenvalue weighted by Crippen LogP contribution is 2.15. The molecule has 6 heteroatoms. The van der Waals surface area contributed by atoms with Crippen LogP contribution in [0.2, 0.25) is 0 Å². The van der Waals surface area contributed by atoms with Gasteiger partial charge < -0.3 is 14.5 Å². The highest BCUT2D eigenvalue weighted by atomic mass is 16.5. The first-order valence-corrected chi connectivity index (χ1v) is 7.67. The molecule has 1 amide bonds. The molecular weight excluding hydrogens is 280 g/mol. The predicted octanol–water partition coefficient (Wildman–Crippen LogP) is 1.58. The van der Waals surface area contributed by atoms with Crippen LogP contribution < -0.4 is 4.90 Å². The van der Waals surface area contributed by atoms with Crippen LogP contribution in [-0.2, 0) is 9.53 Å². The van der Waals surface area contributed by atoms with E-state index in [1.54, 1.807) is 24.5 Å². The Kier molecular flexibility index (Phi) is 5.89. The Morgan fingerprint density at radius 1 is 1.32 bits per heavy atom. The van der Waals surface area contributed by atoms with Gasteiger partial charge in [0.15, 0.2) is 0 Å². The molecular formula is C16H24N4O2. The number of rotatable bonds is 5. The van der Waals surface area contributed by atoms with Crippen molar-refractivity contribution in [2.24, 2.45) is 0 Å². The SMILES string of the molecule is CCN(C(=O)C=Cc1cnc(N(C)C)nc1)C1CCOCC1. The number of carbonyl (C=O) groups is 1. The summed E-state index contributed by atoms with van der Waals surface area (Å²) in [6, 6.07) is 0.281. The molecule has 1 aromatic heterocycles. The molecule has 1 saturated heterocycles.